The maximum absolute atomic E-state index is 12.7. The van der Waals surface area contributed by atoms with Crippen molar-refractivity contribution in [2.45, 2.75) is 20.8 Å². The van der Waals surface area contributed by atoms with Crippen LogP contribution in [0.4, 0.5) is 0 Å². The summed E-state index contributed by atoms with van der Waals surface area (Å²) in [7, 11) is 1.56. The van der Waals surface area contributed by atoms with Crippen LogP contribution >= 0.6 is 0 Å². The second kappa shape index (κ2) is 6.81. The van der Waals surface area contributed by atoms with E-state index in [1.807, 2.05) is 32.9 Å². The van der Waals surface area contributed by atoms with Gasteiger partial charge in [0.05, 0.1) is 5.41 Å². The van der Waals surface area contributed by atoms with Gasteiger partial charge in [0.15, 0.2) is 0 Å². The summed E-state index contributed by atoms with van der Waals surface area (Å²) in [6.07, 6.45) is 6.15. The van der Waals surface area contributed by atoms with Crippen molar-refractivity contribution in [1.82, 2.24) is 9.96 Å². The fourth-order valence-electron chi connectivity index (χ4n) is 2.29. The predicted molar refractivity (Wildman–Crippen MR) is 77.2 cm³/mol. The standard InChI is InChI=1S/C15H24N2O3/c1-5-17(9-8-16(4)20)14(19)15(3)7-6-13(11-18)10-12(15)2/h6-7,10-12,20H,5,8-9H2,1-4H3. The van der Waals surface area contributed by atoms with Crippen LogP contribution in [-0.4, -0.2) is 54.0 Å². The molecule has 1 amide bonds. The molecule has 5 nitrogen and oxygen atoms in total. The summed E-state index contributed by atoms with van der Waals surface area (Å²) in [5.74, 6) is -0.0205. The smallest absolute Gasteiger partial charge is 0.232 e. The Morgan fingerprint density at radius 2 is 2.15 bits per heavy atom. The van der Waals surface area contributed by atoms with E-state index >= 15 is 0 Å². The summed E-state index contributed by atoms with van der Waals surface area (Å²) >= 11 is 0. The number of hydrogen-bond acceptors (Lipinski definition) is 4. The quantitative estimate of drug-likeness (QED) is 0.591. The highest BCUT2D eigenvalue weighted by Crippen LogP contribution is 2.36. The average Bonchev–Trinajstić information content (AvgIpc) is 2.42. The number of amides is 1. The van der Waals surface area contributed by atoms with Crippen molar-refractivity contribution in [2.75, 3.05) is 26.7 Å². The highest BCUT2D eigenvalue weighted by Gasteiger charge is 2.39. The zero-order valence-corrected chi connectivity index (χ0v) is 12.7. The summed E-state index contributed by atoms with van der Waals surface area (Å²) in [5, 5.41) is 10.3. The maximum atomic E-state index is 12.7. The van der Waals surface area contributed by atoms with E-state index in [1.165, 1.54) is 0 Å². The Bertz CT molecular complexity index is 429. The van der Waals surface area contributed by atoms with Gasteiger partial charge in [-0.2, -0.15) is 5.06 Å². The monoisotopic (exact) mass is 280 g/mol. The third-order valence-electron chi connectivity index (χ3n) is 3.97. The van der Waals surface area contributed by atoms with E-state index in [0.717, 1.165) is 11.3 Å². The van der Waals surface area contributed by atoms with Gasteiger partial charge >= 0.3 is 0 Å². The van der Waals surface area contributed by atoms with E-state index < -0.39 is 5.41 Å². The molecular weight excluding hydrogens is 256 g/mol. The summed E-state index contributed by atoms with van der Waals surface area (Å²) in [5.41, 5.74) is -0.0304. The average molecular weight is 280 g/mol. The highest BCUT2D eigenvalue weighted by atomic mass is 16.5. The lowest BCUT2D eigenvalue weighted by Gasteiger charge is -2.37. The fourth-order valence-corrected chi connectivity index (χ4v) is 2.29. The fraction of sp³-hybridized carbons (Fsp3) is 0.600. The van der Waals surface area contributed by atoms with E-state index in [4.69, 9.17) is 0 Å². The van der Waals surface area contributed by atoms with Gasteiger partial charge in [-0.05, 0) is 19.8 Å². The minimum Gasteiger partial charge on any atom is -0.341 e. The Balaban J connectivity index is 2.86. The zero-order chi connectivity index (χ0) is 15.3. The van der Waals surface area contributed by atoms with Crippen molar-refractivity contribution in [3.8, 4) is 0 Å². The van der Waals surface area contributed by atoms with Crippen molar-refractivity contribution < 1.29 is 14.8 Å². The molecule has 5 heteroatoms. The lowest BCUT2D eigenvalue weighted by atomic mass is 9.73. The molecule has 1 aliphatic rings. The Morgan fingerprint density at radius 3 is 2.60 bits per heavy atom. The largest absolute Gasteiger partial charge is 0.341 e. The molecule has 0 heterocycles. The van der Waals surface area contributed by atoms with Crippen LogP contribution in [0.2, 0.25) is 0 Å². The molecule has 0 radical (unpaired) electrons. The number of aldehydes is 1. The first-order chi connectivity index (χ1) is 9.35. The second-order valence-electron chi connectivity index (χ2n) is 5.46. The molecule has 112 valence electrons. The minimum absolute atomic E-state index is 0.0202. The SMILES string of the molecule is CCN(CCN(C)O)C(=O)C1(C)C=CC(C=O)=CC1C. The summed E-state index contributed by atoms with van der Waals surface area (Å²) in [6.45, 7) is 7.22. The van der Waals surface area contributed by atoms with E-state index in [0.29, 0.717) is 25.2 Å². The number of hydrogen-bond donors (Lipinski definition) is 1. The van der Waals surface area contributed by atoms with Gasteiger partial charge in [0.2, 0.25) is 5.91 Å². The van der Waals surface area contributed by atoms with Crippen molar-refractivity contribution in [1.29, 1.82) is 0 Å². The van der Waals surface area contributed by atoms with Crippen molar-refractivity contribution >= 4 is 12.2 Å². The molecule has 0 saturated carbocycles. The number of likely N-dealkylation sites (N-methyl/N-ethyl adjacent to an activating group) is 2. The number of rotatable bonds is 6. The van der Waals surface area contributed by atoms with Crippen molar-refractivity contribution in [3.63, 3.8) is 0 Å². The minimum atomic E-state index is -0.642. The van der Waals surface area contributed by atoms with Gasteiger partial charge in [-0.1, -0.05) is 25.2 Å². The first-order valence-corrected chi connectivity index (χ1v) is 6.90. The lowest BCUT2D eigenvalue weighted by Crippen LogP contribution is -2.47. The van der Waals surface area contributed by atoms with Gasteiger partial charge in [0.1, 0.15) is 6.29 Å². The number of allylic oxidation sites excluding steroid dienone is 3. The van der Waals surface area contributed by atoms with Gasteiger partial charge in [-0.25, -0.2) is 0 Å². The molecule has 1 aliphatic carbocycles. The zero-order valence-electron chi connectivity index (χ0n) is 12.7. The number of carbonyl (C=O) groups excluding carboxylic acids is 2. The second-order valence-corrected chi connectivity index (χ2v) is 5.46. The van der Waals surface area contributed by atoms with E-state index in [-0.39, 0.29) is 11.8 Å². The first kappa shape index (κ1) is 16.6. The summed E-state index contributed by atoms with van der Waals surface area (Å²) in [4.78, 5) is 25.3. The van der Waals surface area contributed by atoms with Gasteiger partial charge in [-0.15, -0.1) is 0 Å². The van der Waals surface area contributed by atoms with Crippen LogP contribution in [0, 0.1) is 11.3 Å². The van der Waals surface area contributed by atoms with Crippen LogP contribution in [0.3, 0.4) is 0 Å². The molecule has 0 aromatic rings. The Hall–Kier alpha value is -1.46. The Labute approximate surface area is 120 Å². The summed E-state index contributed by atoms with van der Waals surface area (Å²) in [6, 6.07) is 0. The lowest BCUT2D eigenvalue weighted by molar-refractivity contribution is -0.142. The van der Waals surface area contributed by atoms with Gasteiger partial charge in [0.25, 0.3) is 0 Å². The number of hydroxylamine groups is 2. The Kier molecular flexibility index (Phi) is 5.65. The topological polar surface area (TPSA) is 60.9 Å². The predicted octanol–water partition coefficient (Wildman–Crippen LogP) is 1.49. The van der Waals surface area contributed by atoms with Crippen LogP contribution in [0.25, 0.3) is 0 Å². The molecule has 2 atom stereocenters. The van der Waals surface area contributed by atoms with Crippen LogP contribution in [0.5, 0.6) is 0 Å². The highest BCUT2D eigenvalue weighted by molar-refractivity contribution is 5.87. The number of carbonyl (C=O) groups is 2. The molecule has 1 N–H and O–H groups in total. The molecule has 2 unspecified atom stereocenters. The molecule has 0 fully saturated rings. The van der Waals surface area contributed by atoms with E-state index in [9.17, 15) is 14.8 Å². The molecule has 0 bridgehead atoms. The Morgan fingerprint density at radius 1 is 1.50 bits per heavy atom. The van der Waals surface area contributed by atoms with Gasteiger partial charge in [0, 0.05) is 32.3 Å². The third kappa shape index (κ3) is 3.55. The van der Waals surface area contributed by atoms with Gasteiger partial charge < -0.3 is 10.1 Å². The van der Waals surface area contributed by atoms with Crippen LogP contribution in [0.15, 0.2) is 23.8 Å². The van der Waals surface area contributed by atoms with Crippen LogP contribution in [-0.2, 0) is 9.59 Å². The molecule has 1 rings (SSSR count). The van der Waals surface area contributed by atoms with E-state index in [1.54, 1.807) is 18.0 Å². The molecule has 0 spiro atoms. The molecule has 0 aliphatic heterocycles. The molecule has 20 heavy (non-hydrogen) atoms. The van der Waals surface area contributed by atoms with Crippen molar-refractivity contribution in [3.05, 3.63) is 23.8 Å². The summed E-state index contributed by atoms with van der Waals surface area (Å²) < 4.78 is 0. The first-order valence-electron chi connectivity index (χ1n) is 6.90. The van der Waals surface area contributed by atoms with Gasteiger partial charge in [-0.3, -0.25) is 9.59 Å². The molecular formula is C15H24N2O3. The maximum Gasteiger partial charge on any atom is 0.232 e. The third-order valence-corrected chi connectivity index (χ3v) is 3.97. The van der Waals surface area contributed by atoms with E-state index in [2.05, 4.69) is 0 Å². The van der Waals surface area contributed by atoms with Crippen LogP contribution < -0.4 is 0 Å². The molecule has 0 aromatic heterocycles. The molecule has 0 aromatic carbocycles. The molecule has 0 saturated heterocycles. The normalized spacial score (nSPS) is 25.5. The number of nitrogens with zero attached hydrogens (tertiary/aromatic N) is 2. The van der Waals surface area contributed by atoms with Crippen molar-refractivity contribution in [2.24, 2.45) is 11.3 Å². The van der Waals surface area contributed by atoms with Crippen LogP contribution in [0.1, 0.15) is 20.8 Å².